The van der Waals surface area contributed by atoms with Crippen molar-refractivity contribution in [2.24, 2.45) is 11.8 Å². The number of furan rings is 1. The molecule has 2 atom stereocenters. The Morgan fingerprint density at radius 2 is 0.957 bits per heavy atom. The fourth-order valence-electron chi connectivity index (χ4n) is 10.2. The van der Waals surface area contributed by atoms with Crippen LogP contribution in [0.5, 0.6) is 0 Å². The van der Waals surface area contributed by atoms with Crippen molar-refractivity contribution in [3.8, 4) is 22.3 Å². The maximum absolute atomic E-state index is 6.23. The first kappa shape index (κ1) is 25.3. The van der Waals surface area contributed by atoms with Gasteiger partial charge in [0.05, 0.1) is 0 Å². The van der Waals surface area contributed by atoms with Crippen molar-refractivity contribution in [2.75, 3.05) is 0 Å². The van der Waals surface area contributed by atoms with Gasteiger partial charge in [-0.2, -0.15) is 0 Å². The first-order chi connectivity index (χ1) is 22.7. The first-order valence-electron chi connectivity index (χ1n) is 17.2. The molecule has 1 heteroatoms. The summed E-state index contributed by atoms with van der Waals surface area (Å²) in [4.78, 5) is 0. The third-order valence-electron chi connectivity index (χ3n) is 12.0. The van der Waals surface area contributed by atoms with Crippen LogP contribution in [0.2, 0.25) is 0 Å². The van der Waals surface area contributed by atoms with E-state index < -0.39 is 0 Å². The molecule has 12 rings (SSSR count). The summed E-state index contributed by atoms with van der Waals surface area (Å²) >= 11 is 0. The van der Waals surface area contributed by atoms with Crippen LogP contribution in [0.4, 0.5) is 0 Å². The molecule has 2 saturated carbocycles. The number of hydrogen-bond acceptors (Lipinski definition) is 1. The molecule has 46 heavy (non-hydrogen) atoms. The molecule has 0 saturated heterocycles. The second-order valence-corrected chi connectivity index (χ2v) is 14.5. The van der Waals surface area contributed by atoms with Gasteiger partial charge in [-0.25, -0.2) is 0 Å². The molecule has 4 aliphatic carbocycles. The molecule has 1 aromatic heterocycles. The zero-order valence-electron chi connectivity index (χ0n) is 25.8. The zero-order valence-corrected chi connectivity index (χ0v) is 25.8. The second kappa shape index (κ2) is 9.33. The number of benzene rings is 7. The SMILES string of the molecule is c1cc(-c2ccc3c(c2)c2ccccc2c2cc4c(cc32)C2CC3CC(CC4C3)C2)cc(-c2cccc3oc4ccccc4c23)c1. The van der Waals surface area contributed by atoms with E-state index in [9.17, 15) is 0 Å². The minimum Gasteiger partial charge on any atom is -0.456 e. The van der Waals surface area contributed by atoms with Crippen LogP contribution in [0, 0.1) is 11.8 Å². The van der Waals surface area contributed by atoms with E-state index in [0.29, 0.717) is 0 Å². The Bertz CT molecular complexity index is 2530. The van der Waals surface area contributed by atoms with Gasteiger partial charge in [-0.15, -0.1) is 0 Å². The third-order valence-corrected chi connectivity index (χ3v) is 12.0. The van der Waals surface area contributed by atoms with Crippen molar-refractivity contribution in [1.82, 2.24) is 0 Å². The van der Waals surface area contributed by atoms with Crippen molar-refractivity contribution >= 4 is 54.3 Å². The Morgan fingerprint density at radius 1 is 0.391 bits per heavy atom. The lowest BCUT2D eigenvalue weighted by molar-refractivity contribution is 0.166. The molecular weight excluding hydrogens is 556 g/mol. The lowest BCUT2D eigenvalue weighted by Gasteiger charge is -2.38. The van der Waals surface area contributed by atoms with Crippen LogP contribution in [-0.4, -0.2) is 0 Å². The van der Waals surface area contributed by atoms with E-state index in [2.05, 4.69) is 115 Å². The molecule has 4 aliphatic rings. The number of fused-ring (bicyclic) bond motifs is 9. The quantitative estimate of drug-likeness (QED) is 0.183. The van der Waals surface area contributed by atoms with E-state index >= 15 is 0 Å². The highest BCUT2D eigenvalue weighted by atomic mass is 16.3. The molecule has 0 radical (unpaired) electrons. The largest absolute Gasteiger partial charge is 0.456 e. The van der Waals surface area contributed by atoms with Crippen LogP contribution >= 0.6 is 0 Å². The molecule has 0 amide bonds. The predicted molar refractivity (Wildman–Crippen MR) is 193 cm³/mol. The summed E-state index contributed by atoms with van der Waals surface area (Å²) in [5.74, 6) is 3.37. The van der Waals surface area contributed by atoms with Gasteiger partial charge < -0.3 is 4.42 Å². The molecule has 0 aliphatic heterocycles. The van der Waals surface area contributed by atoms with Crippen molar-refractivity contribution in [3.63, 3.8) is 0 Å². The van der Waals surface area contributed by atoms with Crippen molar-refractivity contribution in [2.45, 2.75) is 43.9 Å². The summed E-state index contributed by atoms with van der Waals surface area (Å²) in [7, 11) is 0. The van der Waals surface area contributed by atoms with E-state index in [-0.39, 0.29) is 0 Å². The van der Waals surface area contributed by atoms with Gasteiger partial charge in [0.25, 0.3) is 0 Å². The number of rotatable bonds is 2. The summed E-state index contributed by atoms with van der Waals surface area (Å²) < 4.78 is 6.23. The minimum absolute atomic E-state index is 0.746. The summed E-state index contributed by atoms with van der Waals surface area (Å²) in [6.07, 6.45) is 7.10. The second-order valence-electron chi connectivity index (χ2n) is 14.5. The van der Waals surface area contributed by atoms with Crippen molar-refractivity contribution in [3.05, 3.63) is 132 Å². The highest BCUT2D eigenvalue weighted by Gasteiger charge is 2.42. The van der Waals surface area contributed by atoms with Gasteiger partial charge in [-0.05, 0) is 158 Å². The molecule has 8 aromatic rings. The Balaban J connectivity index is 1.11. The molecule has 1 heterocycles. The summed E-state index contributed by atoms with van der Waals surface area (Å²) in [5, 5.41) is 10.7. The predicted octanol–water partition coefficient (Wildman–Crippen LogP) is 12.8. The summed E-state index contributed by atoms with van der Waals surface area (Å²) in [5.41, 5.74) is 10.2. The molecule has 0 N–H and O–H groups in total. The molecule has 2 unspecified atom stereocenters. The molecule has 220 valence electrons. The van der Waals surface area contributed by atoms with E-state index in [0.717, 1.165) is 34.8 Å². The van der Waals surface area contributed by atoms with Crippen molar-refractivity contribution in [1.29, 1.82) is 0 Å². The van der Waals surface area contributed by atoms with E-state index in [1.54, 1.807) is 11.1 Å². The van der Waals surface area contributed by atoms with Gasteiger partial charge >= 0.3 is 0 Å². The standard InChI is InChI=1S/C45H34O/c1-2-10-35-34(9-1)40-23-29(28-7-5-8-30(22-28)33-12-6-14-44-45(33)37-11-3-4-13-43(37)46-44)15-16-36(40)42-25-39-32-20-26-17-27(21-32)19-31(18-26)38(39)24-41(35)42/h1-16,22-27,31-32H,17-21H2. The summed E-state index contributed by atoms with van der Waals surface area (Å²) in [6.45, 7) is 0. The first-order valence-corrected chi connectivity index (χ1v) is 17.2. The lowest BCUT2D eigenvalue weighted by atomic mass is 9.67. The van der Waals surface area contributed by atoms with Gasteiger partial charge in [0, 0.05) is 10.8 Å². The number of hydrogen-bond donors (Lipinski definition) is 0. The van der Waals surface area contributed by atoms with Gasteiger partial charge in [0.1, 0.15) is 11.2 Å². The summed E-state index contributed by atoms with van der Waals surface area (Å²) in [6, 6.07) is 45.4. The van der Waals surface area contributed by atoms with Crippen LogP contribution in [0.25, 0.3) is 76.5 Å². The fourth-order valence-corrected chi connectivity index (χ4v) is 10.2. The molecule has 2 fully saturated rings. The lowest BCUT2D eigenvalue weighted by Crippen LogP contribution is -2.25. The average Bonchev–Trinajstić information content (AvgIpc) is 3.41. The Kier molecular flexibility index (Phi) is 5.14. The normalized spacial score (nSPS) is 21.9. The van der Waals surface area contributed by atoms with Crippen LogP contribution < -0.4 is 0 Å². The Labute approximate surface area is 268 Å². The third kappa shape index (κ3) is 3.57. The van der Waals surface area contributed by atoms with E-state index in [1.165, 1.54) is 97.4 Å². The fraction of sp³-hybridized carbons (Fsp3) is 0.200. The maximum atomic E-state index is 6.23. The molecule has 7 aromatic carbocycles. The smallest absolute Gasteiger partial charge is 0.136 e. The number of para-hydroxylation sites is 1. The maximum Gasteiger partial charge on any atom is 0.136 e. The Morgan fingerprint density at radius 3 is 1.70 bits per heavy atom. The molecule has 4 bridgehead atoms. The van der Waals surface area contributed by atoms with Crippen LogP contribution in [0.15, 0.2) is 126 Å². The van der Waals surface area contributed by atoms with E-state index in [4.69, 9.17) is 4.42 Å². The zero-order chi connectivity index (χ0) is 29.9. The Hall–Kier alpha value is -4.88. The minimum atomic E-state index is 0.746. The van der Waals surface area contributed by atoms with Crippen LogP contribution in [0.3, 0.4) is 0 Å². The van der Waals surface area contributed by atoms with Crippen LogP contribution in [0.1, 0.15) is 55.1 Å². The van der Waals surface area contributed by atoms with Crippen molar-refractivity contribution < 1.29 is 4.42 Å². The monoisotopic (exact) mass is 590 g/mol. The topological polar surface area (TPSA) is 13.1 Å². The average molecular weight is 591 g/mol. The van der Waals surface area contributed by atoms with Gasteiger partial charge in [0.2, 0.25) is 0 Å². The molecule has 1 nitrogen and oxygen atoms in total. The molecule has 0 spiro atoms. The van der Waals surface area contributed by atoms with Gasteiger partial charge in [-0.1, -0.05) is 84.9 Å². The molecular formula is C45H34O. The van der Waals surface area contributed by atoms with Gasteiger partial charge in [0.15, 0.2) is 0 Å². The van der Waals surface area contributed by atoms with Crippen LogP contribution in [-0.2, 0) is 0 Å². The van der Waals surface area contributed by atoms with E-state index in [1.807, 2.05) is 6.07 Å². The van der Waals surface area contributed by atoms with Gasteiger partial charge in [-0.3, -0.25) is 0 Å². The highest BCUT2D eigenvalue weighted by Crippen LogP contribution is 2.57. The highest BCUT2D eigenvalue weighted by molar-refractivity contribution is 6.26.